The molecule has 1 spiro atoms. The van der Waals surface area contributed by atoms with Gasteiger partial charge in [-0.3, -0.25) is 0 Å². The lowest BCUT2D eigenvalue weighted by Crippen LogP contribution is -2.25. The number of rotatable bonds is 0. The molecule has 0 bridgehead atoms. The molecule has 2 aliphatic rings. The zero-order chi connectivity index (χ0) is 8.44. The van der Waals surface area contributed by atoms with Gasteiger partial charge in [0.15, 0.2) is 0 Å². The fourth-order valence-electron chi connectivity index (χ4n) is 2.63. The molecule has 2 heterocycles. The summed E-state index contributed by atoms with van der Waals surface area (Å²) in [5.41, 5.74) is 0.630. The summed E-state index contributed by atoms with van der Waals surface area (Å²) in [6, 6.07) is 0. The van der Waals surface area contributed by atoms with Crippen LogP contribution in [0.1, 0.15) is 25.7 Å². The Labute approximate surface area is 74.9 Å². The Morgan fingerprint density at radius 3 is 2.83 bits per heavy atom. The first-order chi connectivity index (χ1) is 5.81. The minimum absolute atomic E-state index is 0.630. The summed E-state index contributed by atoms with van der Waals surface area (Å²) < 4.78 is 5.50. The fraction of sp³-hybridized carbons (Fsp3) is 1.00. The maximum absolute atomic E-state index is 5.50. The number of likely N-dealkylation sites (tertiary alicyclic amines) is 1. The second-order valence-corrected chi connectivity index (χ2v) is 4.45. The Balaban J connectivity index is 1.98. The summed E-state index contributed by atoms with van der Waals surface area (Å²) in [6.45, 7) is 4.58. The third-order valence-corrected chi connectivity index (χ3v) is 3.40. The Morgan fingerprint density at radius 2 is 2.08 bits per heavy atom. The Morgan fingerprint density at radius 1 is 1.17 bits per heavy atom. The lowest BCUT2D eigenvalue weighted by Gasteiger charge is -2.26. The summed E-state index contributed by atoms with van der Waals surface area (Å²) in [5, 5.41) is 0. The molecule has 0 saturated carbocycles. The van der Waals surface area contributed by atoms with E-state index in [-0.39, 0.29) is 0 Å². The first kappa shape index (κ1) is 8.52. The van der Waals surface area contributed by atoms with Gasteiger partial charge >= 0.3 is 0 Å². The third-order valence-electron chi connectivity index (χ3n) is 3.40. The van der Waals surface area contributed by atoms with E-state index >= 15 is 0 Å². The predicted molar refractivity (Wildman–Crippen MR) is 49.2 cm³/mol. The van der Waals surface area contributed by atoms with E-state index in [1.54, 1.807) is 0 Å². The van der Waals surface area contributed by atoms with Gasteiger partial charge in [0.05, 0.1) is 0 Å². The maximum atomic E-state index is 5.50. The van der Waals surface area contributed by atoms with Crippen molar-refractivity contribution in [1.29, 1.82) is 0 Å². The molecule has 2 fully saturated rings. The number of nitrogens with zero attached hydrogens (tertiary/aromatic N) is 1. The van der Waals surface area contributed by atoms with E-state index < -0.39 is 0 Å². The normalized spacial score (nSPS) is 38.8. The van der Waals surface area contributed by atoms with Crippen molar-refractivity contribution >= 4 is 0 Å². The SMILES string of the molecule is CN1CCC2(CCCOCC2)C1. The summed E-state index contributed by atoms with van der Waals surface area (Å²) >= 11 is 0. The van der Waals surface area contributed by atoms with Crippen LogP contribution in [0.2, 0.25) is 0 Å². The van der Waals surface area contributed by atoms with Crippen molar-refractivity contribution in [2.45, 2.75) is 25.7 Å². The summed E-state index contributed by atoms with van der Waals surface area (Å²) in [7, 11) is 2.24. The van der Waals surface area contributed by atoms with E-state index in [1.165, 1.54) is 38.8 Å². The largest absolute Gasteiger partial charge is 0.381 e. The molecule has 2 heteroatoms. The molecule has 2 nitrogen and oxygen atoms in total. The van der Waals surface area contributed by atoms with Crippen LogP contribution < -0.4 is 0 Å². The van der Waals surface area contributed by atoms with Crippen molar-refractivity contribution < 1.29 is 4.74 Å². The van der Waals surface area contributed by atoms with Gasteiger partial charge in [-0.05, 0) is 44.7 Å². The van der Waals surface area contributed by atoms with Gasteiger partial charge in [-0.25, -0.2) is 0 Å². The first-order valence-electron chi connectivity index (χ1n) is 5.07. The zero-order valence-corrected chi connectivity index (χ0v) is 8.01. The zero-order valence-electron chi connectivity index (χ0n) is 8.01. The molecule has 12 heavy (non-hydrogen) atoms. The molecule has 0 N–H and O–H groups in total. The van der Waals surface area contributed by atoms with Gasteiger partial charge in [0, 0.05) is 19.8 Å². The molecule has 0 aliphatic carbocycles. The predicted octanol–water partition coefficient (Wildman–Crippen LogP) is 1.51. The first-order valence-corrected chi connectivity index (χ1v) is 5.07. The van der Waals surface area contributed by atoms with E-state index in [9.17, 15) is 0 Å². The molecule has 0 amide bonds. The van der Waals surface area contributed by atoms with Crippen molar-refractivity contribution in [1.82, 2.24) is 4.90 Å². The second kappa shape index (κ2) is 3.35. The fourth-order valence-corrected chi connectivity index (χ4v) is 2.63. The standard InChI is InChI=1S/C10H19NO/c1-11-6-4-10(9-11)3-2-7-12-8-5-10/h2-9H2,1H3. The highest BCUT2D eigenvalue weighted by Gasteiger charge is 2.36. The Kier molecular flexibility index (Phi) is 2.37. The van der Waals surface area contributed by atoms with Crippen LogP contribution in [0.25, 0.3) is 0 Å². The molecule has 0 aromatic heterocycles. The van der Waals surface area contributed by atoms with Gasteiger partial charge in [0.1, 0.15) is 0 Å². The van der Waals surface area contributed by atoms with Gasteiger partial charge in [0.25, 0.3) is 0 Å². The van der Waals surface area contributed by atoms with Crippen LogP contribution >= 0.6 is 0 Å². The molecule has 70 valence electrons. The molecule has 2 aliphatic heterocycles. The average molecular weight is 169 g/mol. The summed E-state index contributed by atoms with van der Waals surface area (Å²) in [4.78, 5) is 2.46. The average Bonchev–Trinajstić information content (AvgIpc) is 2.30. The van der Waals surface area contributed by atoms with Gasteiger partial charge < -0.3 is 9.64 Å². The molecule has 0 radical (unpaired) electrons. The highest BCUT2D eigenvalue weighted by Crippen LogP contribution is 2.39. The van der Waals surface area contributed by atoms with Crippen LogP contribution in [0.5, 0.6) is 0 Å². The Hall–Kier alpha value is -0.0800. The molecule has 1 atom stereocenters. The molecular weight excluding hydrogens is 150 g/mol. The van der Waals surface area contributed by atoms with Crippen LogP contribution in [0.3, 0.4) is 0 Å². The third kappa shape index (κ3) is 1.64. The molecule has 1 unspecified atom stereocenters. The van der Waals surface area contributed by atoms with Crippen LogP contribution in [0.4, 0.5) is 0 Å². The van der Waals surface area contributed by atoms with Crippen LogP contribution in [-0.2, 0) is 4.74 Å². The molecule has 2 saturated heterocycles. The second-order valence-electron chi connectivity index (χ2n) is 4.45. The van der Waals surface area contributed by atoms with Crippen molar-refractivity contribution in [3.05, 3.63) is 0 Å². The minimum Gasteiger partial charge on any atom is -0.381 e. The van der Waals surface area contributed by atoms with E-state index in [2.05, 4.69) is 11.9 Å². The summed E-state index contributed by atoms with van der Waals surface area (Å²) in [6.07, 6.45) is 5.34. The van der Waals surface area contributed by atoms with Crippen molar-refractivity contribution in [3.8, 4) is 0 Å². The van der Waals surface area contributed by atoms with Crippen LogP contribution in [0.15, 0.2) is 0 Å². The molecule has 0 aromatic carbocycles. The summed E-state index contributed by atoms with van der Waals surface area (Å²) in [5.74, 6) is 0. The topological polar surface area (TPSA) is 12.5 Å². The van der Waals surface area contributed by atoms with Gasteiger partial charge in [-0.15, -0.1) is 0 Å². The number of hydrogen-bond donors (Lipinski definition) is 0. The van der Waals surface area contributed by atoms with E-state index in [1.807, 2.05) is 0 Å². The highest BCUT2D eigenvalue weighted by molar-refractivity contribution is 4.89. The number of hydrogen-bond acceptors (Lipinski definition) is 2. The minimum atomic E-state index is 0.630. The van der Waals surface area contributed by atoms with Crippen LogP contribution in [0, 0.1) is 5.41 Å². The van der Waals surface area contributed by atoms with Crippen LogP contribution in [-0.4, -0.2) is 38.3 Å². The van der Waals surface area contributed by atoms with E-state index in [4.69, 9.17) is 4.74 Å². The lowest BCUT2D eigenvalue weighted by atomic mass is 9.80. The van der Waals surface area contributed by atoms with E-state index in [0.29, 0.717) is 5.41 Å². The van der Waals surface area contributed by atoms with Gasteiger partial charge in [-0.2, -0.15) is 0 Å². The van der Waals surface area contributed by atoms with Crippen molar-refractivity contribution in [3.63, 3.8) is 0 Å². The maximum Gasteiger partial charge on any atom is 0.0471 e. The van der Waals surface area contributed by atoms with Crippen molar-refractivity contribution in [2.24, 2.45) is 5.41 Å². The van der Waals surface area contributed by atoms with E-state index in [0.717, 1.165) is 13.2 Å². The molecular formula is C10H19NO. The molecule has 0 aromatic rings. The molecule has 2 rings (SSSR count). The Bertz CT molecular complexity index is 150. The monoisotopic (exact) mass is 169 g/mol. The highest BCUT2D eigenvalue weighted by atomic mass is 16.5. The van der Waals surface area contributed by atoms with Gasteiger partial charge in [0.2, 0.25) is 0 Å². The van der Waals surface area contributed by atoms with Crippen molar-refractivity contribution in [2.75, 3.05) is 33.4 Å². The smallest absolute Gasteiger partial charge is 0.0471 e. The number of ether oxygens (including phenoxy) is 1. The van der Waals surface area contributed by atoms with Gasteiger partial charge in [-0.1, -0.05) is 0 Å². The quantitative estimate of drug-likeness (QED) is 0.545. The lowest BCUT2D eigenvalue weighted by molar-refractivity contribution is 0.132.